The van der Waals surface area contributed by atoms with Gasteiger partial charge in [-0.15, -0.1) is 35.3 Å². The molecule has 0 fully saturated rings. The van der Waals surface area contributed by atoms with Gasteiger partial charge in [0.15, 0.2) is 17.5 Å². The van der Waals surface area contributed by atoms with Crippen LogP contribution in [0.1, 0.15) is 43.5 Å². The van der Waals surface area contributed by atoms with Crippen molar-refractivity contribution in [2.45, 2.75) is 46.5 Å². The van der Waals surface area contributed by atoms with Gasteiger partial charge in [-0.3, -0.25) is 4.99 Å². The Balaban J connectivity index is 0.00000450. The molecule has 0 saturated carbocycles. The lowest BCUT2D eigenvalue weighted by Crippen LogP contribution is -2.38. The molecule has 168 valence electrons. The number of aromatic nitrogens is 1. The average Bonchev–Trinajstić information content (AvgIpc) is 3.19. The summed E-state index contributed by atoms with van der Waals surface area (Å²) in [5, 5.41) is 10.1. The fourth-order valence-electron chi connectivity index (χ4n) is 2.90. The van der Waals surface area contributed by atoms with E-state index in [1.165, 1.54) is 10.6 Å². The van der Waals surface area contributed by atoms with Gasteiger partial charge in [-0.05, 0) is 50.8 Å². The summed E-state index contributed by atoms with van der Waals surface area (Å²) < 4.78 is 11.0. The molecule has 0 saturated heterocycles. The summed E-state index contributed by atoms with van der Waals surface area (Å²) in [6, 6.07) is 6.12. The number of aliphatic imine (C=N–C) groups is 1. The van der Waals surface area contributed by atoms with Gasteiger partial charge >= 0.3 is 0 Å². The highest BCUT2D eigenvalue weighted by Crippen LogP contribution is 2.28. The quantitative estimate of drug-likeness (QED) is 0.178. The Labute approximate surface area is 201 Å². The van der Waals surface area contributed by atoms with Gasteiger partial charge in [-0.2, -0.15) is 0 Å². The van der Waals surface area contributed by atoms with Crippen LogP contribution in [0.3, 0.4) is 0 Å². The highest BCUT2D eigenvalue weighted by Gasteiger charge is 2.06. The Bertz CT molecular complexity index is 767. The Kier molecular flexibility index (Phi) is 13.5. The number of methoxy groups -OCH3 is 1. The summed E-state index contributed by atoms with van der Waals surface area (Å²) in [4.78, 5) is 9.31. The zero-order chi connectivity index (χ0) is 20.9. The molecule has 0 bridgehead atoms. The third-order valence-corrected chi connectivity index (χ3v) is 5.38. The summed E-state index contributed by atoms with van der Waals surface area (Å²) in [6.45, 7) is 9.27. The van der Waals surface area contributed by atoms with E-state index in [0.29, 0.717) is 6.61 Å². The highest BCUT2D eigenvalue weighted by molar-refractivity contribution is 14.0. The monoisotopic (exact) mass is 546 g/mol. The molecule has 8 heteroatoms. The number of ether oxygens (including phenoxy) is 2. The first-order valence-electron chi connectivity index (χ1n) is 10.4. The molecule has 0 atom stereocenters. The van der Waals surface area contributed by atoms with Crippen molar-refractivity contribution in [3.8, 4) is 11.5 Å². The minimum Gasteiger partial charge on any atom is -0.493 e. The van der Waals surface area contributed by atoms with Crippen LogP contribution in [-0.2, 0) is 19.3 Å². The van der Waals surface area contributed by atoms with Gasteiger partial charge in [-0.25, -0.2) is 4.98 Å². The van der Waals surface area contributed by atoms with Crippen LogP contribution in [0.5, 0.6) is 11.5 Å². The second-order valence-electron chi connectivity index (χ2n) is 6.55. The summed E-state index contributed by atoms with van der Waals surface area (Å²) in [6.07, 6.45) is 3.83. The summed E-state index contributed by atoms with van der Waals surface area (Å²) in [5.41, 5.74) is 2.39. The smallest absolute Gasteiger partial charge is 0.191 e. The molecule has 30 heavy (non-hydrogen) atoms. The highest BCUT2D eigenvalue weighted by atomic mass is 127. The van der Waals surface area contributed by atoms with Crippen molar-refractivity contribution >= 4 is 41.3 Å². The predicted octanol–water partition coefficient (Wildman–Crippen LogP) is 4.46. The number of nitrogens with zero attached hydrogens (tertiary/aromatic N) is 2. The normalized spacial score (nSPS) is 11.0. The molecule has 1 aromatic carbocycles. The van der Waals surface area contributed by atoms with Crippen LogP contribution in [0.2, 0.25) is 0 Å². The number of aryl methyl sites for hydroxylation is 2. The number of halogens is 1. The van der Waals surface area contributed by atoms with Crippen LogP contribution in [-0.4, -0.2) is 44.3 Å². The summed E-state index contributed by atoms with van der Waals surface area (Å²) >= 11 is 1.74. The minimum absolute atomic E-state index is 0. The number of benzene rings is 1. The fourth-order valence-corrected chi connectivity index (χ4v) is 3.68. The number of thiazole rings is 1. The largest absolute Gasteiger partial charge is 0.493 e. The molecular formula is C22H35IN4O2S. The van der Waals surface area contributed by atoms with E-state index >= 15 is 0 Å². The third-order valence-electron chi connectivity index (χ3n) is 4.34. The molecule has 2 rings (SSSR count). The lowest BCUT2D eigenvalue weighted by atomic mass is 10.1. The predicted molar refractivity (Wildman–Crippen MR) is 137 cm³/mol. The molecule has 0 aliphatic carbocycles. The molecule has 0 spiro atoms. The molecule has 0 aliphatic rings. The van der Waals surface area contributed by atoms with Crippen molar-refractivity contribution in [1.82, 2.24) is 15.6 Å². The van der Waals surface area contributed by atoms with E-state index in [9.17, 15) is 0 Å². The van der Waals surface area contributed by atoms with Gasteiger partial charge in [0.25, 0.3) is 0 Å². The maximum Gasteiger partial charge on any atom is 0.191 e. The molecule has 0 unspecified atom stereocenters. The van der Waals surface area contributed by atoms with E-state index in [1.54, 1.807) is 18.4 Å². The van der Waals surface area contributed by atoms with E-state index in [0.717, 1.165) is 68.5 Å². The van der Waals surface area contributed by atoms with E-state index in [1.807, 2.05) is 13.0 Å². The molecular weight excluding hydrogens is 511 g/mol. The van der Waals surface area contributed by atoms with E-state index in [2.05, 4.69) is 47.0 Å². The first kappa shape index (κ1) is 26.5. The van der Waals surface area contributed by atoms with Crippen LogP contribution < -0.4 is 20.1 Å². The van der Waals surface area contributed by atoms with Gasteiger partial charge in [0.1, 0.15) is 0 Å². The average molecular weight is 547 g/mol. The number of hydrogen-bond donors (Lipinski definition) is 2. The lowest BCUT2D eigenvalue weighted by molar-refractivity contribution is 0.310. The van der Waals surface area contributed by atoms with Crippen molar-refractivity contribution in [3.63, 3.8) is 0 Å². The molecule has 6 nitrogen and oxygen atoms in total. The molecule has 2 N–H and O–H groups in total. The van der Waals surface area contributed by atoms with Crippen LogP contribution in [0.15, 0.2) is 28.6 Å². The maximum atomic E-state index is 5.66. The van der Waals surface area contributed by atoms with E-state index in [4.69, 9.17) is 14.5 Å². The molecule has 1 heterocycles. The number of guanidine groups is 1. The van der Waals surface area contributed by atoms with Crippen LogP contribution in [0, 0.1) is 0 Å². The van der Waals surface area contributed by atoms with Crippen molar-refractivity contribution in [2.24, 2.45) is 4.99 Å². The standard InChI is InChI=1S/C22H34N4O2S.HI/c1-5-21-26-18(16-29-21)12-14-25-22(23-6-2)24-13-8-9-17-10-11-19(27-4)20(15-17)28-7-3;/h10-11,15-16H,5-9,12-14H2,1-4H3,(H2,23,24,25);1H. The van der Waals surface area contributed by atoms with Crippen molar-refractivity contribution in [2.75, 3.05) is 33.4 Å². The summed E-state index contributed by atoms with van der Waals surface area (Å²) in [5.74, 6) is 2.45. The number of nitrogens with one attached hydrogen (secondary N) is 2. The zero-order valence-electron chi connectivity index (χ0n) is 18.5. The van der Waals surface area contributed by atoms with Crippen LogP contribution >= 0.6 is 35.3 Å². The molecule has 0 radical (unpaired) electrons. The topological polar surface area (TPSA) is 67.8 Å². The van der Waals surface area contributed by atoms with Crippen LogP contribution in [0.4, 0.5) is 0 Å². The van der Waals surface area contributed by atoms with Gasteiger partial charge in [-0.1, -0.05) is 13.0 Å². The first-order valence-corrected chi connectivity index (χ1v) is 11.3. The van der Waals surface area contributed by atoms with Crippen molar-refractivity contribution < 1.29 is 9.47 Å². The van der Waals surface area contributed by atoms with Crippen molar-refractivity contribution in [1.29, 1.82) is 0 Å². The van der Waals surface area contributed by atoms with Gasteiger partial charge in [0, 0.05) is 31.4 Å². The Hall–Kier alpha value is -1.55. The lowest BCUT2D eigenvalue weighted by Gasteiger charge is -2.12. The molecule has 1 aromatic heterocycles. The van der Waals surface area contributed by atoms with Gasteiger partial charge < -0.3 is 20.1 Å². The fraction of sp³-hybridized carbons (Fsp3) is 0.545. The Morgan fingerprint density at radius 1 is 1.13 bits per heavy atom. The SMILES string of the molecule is CCNC(=NCCCc1ccc(OC)c(OCC)c1)NCCc1csc(CC)n1.I. The van der Waals surface area contributed by atoms with Crippen molar-refractivity contribution in [3.05, 3.63) is 39.8 Å². The second kappa shape index (κ2) is 15.3. The molecule has 0 amide bonds. The minimum atomic E-state index is 0. The maximum absolute atomic E-state index is 5.66. The Morgan fingerprint density at radius 3 is 2.63 bits per heavy atom. The van der Waals surface area contributed by atoms with E-state index < -0.39 is 0 Å². The van der Waals surface area contributed by atoms with Gasteiger partial charge in [0.05, 0.1) is 24.4 Å². The van der Waals surface area contributed by atoms with Crippen LogP contribution in [0.25, 0.3) is 0 Å². The van der Waals surface area contributed by atoms with Gasteiger partial charge in [0.2, 0.25) is 0 Å². The first-order chi connectivity index (χ1) is 14.2. The number of hydrogen-bond acceptors (Lipinski definition) is 5. The second-order valence-corrected chi connectivity index (χ2v) is 7.49. The Morgan fingerprint density at radius 2 is 1.97 bits per heavy atom. The summed E-state index contributed by atoms with van der Waals surface area (Å²) in [7, 11) is 1.67. The number of rotatable bonds is 12. The third kappa shape index (κ3) is 9.07. The molecule has 2 aromatic rings. The van der Waals surface area contributed by atoms with E-state index in [-0.39, 0.29) is 24.0 Å². The molecule has 0 aliphatic heterocycles. The zero-order valence-corrected chi connectivity index (χ0v) is 21.6.